The fourth-order valence-corrected chi connectivity index (χ4v) is 5.45. The summed E-state index contributed by atoms with van der Waals surface area (Å²) in [7, 11) is -0.627. The molecule has 0 atom stereocenters. The van der Waals surface area contributed by atoms with Crippen molar-refractivity contribution in [2.45, 2.75) is 6.42 Å². The topological polar surface area (TPSA) is 92.3 Å². The van der Waals surface area contributed by atoms with Gasteiger partial charge < -0.3 is 20.3 Å². The van der Waals surface area contributed by atoms with Crippen LogP contribution in [0.2, 0.25) is 0 Å². The Kier molecular flexibility index (Phi) is 8.04. The van der Waals surface area contributed by atoms with Gasteiger partial charge in [0.1, 0.15) is 11.6 Å². The van der Waals surface area contributed by atoms with Crippen molar-refractivity contribution < 1.29 is 8.95 Å². The highest BCUT2D eigenvalue weighted by molar-refractivity contribution is 9.10. The highest BCUT2D eigenvalue weighted by Crippen LogP contribution is 2.24. The number of nitrogens with one attached hydrogen (secondary N) is 2. The predicted molar refractivity (Wildman–Crippen MR) is 149 cm³/mol. The first-order valence-corrected chi connectivity index (χ1v) is 14.1. The van der Waals surface area contributed by atoms with Crippen molar-refractivity contribution in [3.63, 3.8) is 0 Å². The molecule has 0 aliphatic carbocycles. The smallest absolute Gasteiger partial charge is 0.229 e. The summed E-state index contributed by atoms with van der Waals surface area (Å²) in [6.45, 7) is 3.47. The molecule has 10 heteroatoms. The summed E-state index contributed by atoms with van der Waals surface area (Å²) in [5.74, 6) is 3.57. The third-order valence-corrected chi connectivity index (χ3v) is 7.61. The summed E-state index contributed by atoms with van der Waals surface area (Å²) in [6.07, 6.45) is 4.45. The van der Waals surface area contributed by atoms with Crippen molar-refractivity contribution in [1.29, 1.82) is 0 Å². The number of hydrogen-bond donors (Lipinski definition) is 2. The summed E-state index contributed by atoms with van der Waals surface area (Å²) in [5, 5.41) is 7.57. The maximum atomic E-state index is 11.4. The SMILES string of the molecule is O=S1CCN(CCCOc2ccc(Nc3nccc(Nc4cnc5ccc(Br)cc5c4)n3)cc2)CC1. The maximum absolute atomic E-state index is 11.4. The Labute approximate surface area is 221 Å². The van der Waals surface area contributed by atoms with Gasteiger partial charge in [0.05, 0.1) is 24.0 Å². The van der Waals surface area contributed by atoms with Crippen molar-refractivity contribution in [3.05, 3.63) is 71.5 Å². The quantitative estimate of drug-likeness (QED) is 0.270. The number of halogens is 1. The van der Waals surface area contributed by atoms with E-state index in [0.717, 1.165) is 70.1 Å². The van der Waals surface area contributed by atoms with E-state index in [-0.39, 0.29) is 0 Å². The van der Waals surface area contributed by atoms with Gasteiger partial charge in [0.2, 0.25) is 5.95 Å². The minimum atomic E-state index is -0.627. The van der Waals surface area contributed by atoms with E-state index < -0.39 is 10.8 Å². The molecule has 36 heavy (non-hydrogen) atoms. The van der Waals surface area contributed by atoms with Crippen molar-refractivity contribution in [1.82, 2.24) is 19.9 Å². The molecule has 0 saturated carbocycles. The van der Waals surface area contributed by atoms with Crippen LogP contribution in [0.25, 0.3) is 10.9 Å². The molecule has 2 N–H and O–H groups in total. The van der Waals surface area contributed by atoms with E-state index in [2.05, 4.69) is 46.4 Å². The molecule has 186 valence electrons. The second-order valence-corrected chi connectivity index (χ2v) is 11.1. The third-order valence-electron chi connectivity index (χ3n) is 5.84. The number of benzene rings is 2. The summed E-state index contributed by atoms with van der Waals surface area (Å²) in [4.78, 5) is 15.8. The first-order valence-electron chi connectivity index (χ1n) is 11.8. The Bertz CT molecular complexity index is 1340. The van der Waals surface area contributed by atoms with Crippen LogP contribution in [0.5, 0.6) is 5.75 Å². The van der Waals surface area contributed by atoms with Gasteiger partial charge in [-0.25, -0.2) is 4.98 Å². The second-order valence-electron chi connectivity index (χ2n) is 8.49. The van der Waals surface area contributed by atoms with Crippen molar-refractivity contribution >= 4 is 60.8 Å². The fourth-order valence-electron chi connectivity index (χ4n) is 3.95. The van der Waals surface area contributed by atoms with Gasteiger partial charge in [0, 0.05) is 63.7 Å². The summed E-state index contributed by atoms with van der Waals surface area (Å²) in [6, 6.07) is 17.6. The zero-order valence-electron chi connectivity index (χ0n) is 19.7. The number of aromatic nitrogens is 3. The molecule has 0 bridgehead atoms. The van der Waals surface area contributed by atoms with Crippen LogP contribution in [-0.2, 0) is 10.8 Å². The van der Waals surface area contributed by atoms with Crippen LogP contribution in [0, 0.1) is 0 Å². The average molecular weight is 568 g/mol. The minimum absolute atomic E-state index is 0.493. The van der Waals surface area contributed by atoms with Crippen LogP contribution < -0.4 is 15.4 Å². The monoisotopic (exact) mass is 566 g/mol. The lowest BCUT2D eigenvalue weighted by Gasteiger charge is -2.25. The molecule has 8 nitrogen and oxygen atoms in total. The lowest BCUT2D eigenvalue weighted by molar-refractivity contribution is 0.247. The molecule has 5 rings (SSSR count). The van der Waals surface area contributed by atoms with E-state index in [1.54, 1.807) is 12.4 Å². The summed E-state index contributed by atoms with van der Waals surface area (Å²) >= 11 is 3.51. The van der Waals surface area contributed by atoms with Crippen LogP contribution in [0.4, 0.5) is 23.1 Å². The Morgan fingerprint density at radius 2 is 1.81 bits per heavy atom. The Balaban J connectivity index is 1.12. The molecular weight excluding hydrogens is 540 g/mol. The molecule has 0 spiro atoms. The largest absolute Gasteiger partial charge is 0.494 e. The van der Waals surface area contributed by atoms with Gasteiger partial charge in [-0.1, -0.05) is 15.9 Å². The summed E-state index contributed by atoms with van der Waals surface area (Å²) in [5.41, 5.74) is 2.65. The Morgan fingerprint density at radius 1 is 0.972 bits per heavy atom. The number of hydrogen-bond acceptors (Lipinski definition) is 8. The molecule has 0 unspecified atom stereocenters. The fraction of sp³-hybridized carbons (Fsp3) is 0.269. The number of ether oxygens (including phenoxy) is 1. The first-order chi connectivity index (χ1) is 17.6. The molecule has 2 aromatic carbocycles. The normalized spacial score (nSPS) is 14.6. The van der Waals surface area contributed by atoms with E-state index in [0.29, 0.717) is 18.4 Å². The number of pyridine rings is 1. The van der Waals surface area contributed by atoms with Gasteiger partial charge in [-0.2, -0.15) is 4.98 Å². The molecule has 0 amide bonds. The molecule has 3 heterocycles. The molecule has 2 aromatic heterocycles. The van der Waals surface area contributed by atoms with Crippen LogP contribution in [0.3, 0.4) is 0 Å². The van der Waals surface area contributed by atoms with E-state index in [9.17, 15) is 4.21 Å². The third kappa shape index (κ3) is 6.77. The van der Waals surface area contributed by atoms with E-state index in [4.69, 9.17) is 4.74 Å². The van der Waals surface area contributed by atoms with Crippen LogP contribution in [0.1, 0.15) is 6.42 Å². The van der Waals surface area contributed by atoms with Gasteiger partial charge in [0.15, 0.2) is 0 Å². The predicted octanol–water partition coefficient (Wildman–Crippen LogP) is 5.11. The van der Waals surface area contributed by atoms with Crippen molar-refractivity contribution in [2.24, 2.45) is 0 Å². The zero-order valence-corrected chi connectivity index (χ0v) is 22.1. The number of anilines is 4. The first kappa shape index (κ1) is 24.6. The molecule has 1 fully saturated rings. The van der Waals surface area contributed by atoms with E-state index >= 15 is 0 Å². The second kappa shape index (κ2) is 11.8. The Morgan fingerprint density at radius 3 is 2.64 bits per heavy atom. The van der Waals surface area contributed by atoms with Gasteiger partial charge in [-0.3, -0.25) is 9.19 Å². The lowest BCUT2D eigenvalue weighted by atomic mass is 10.2. The lowest BCUT2D eigenvalue weighted by Crippen LogP contribution is -2.38. The van der Waals surface area contributed by atoms with Crippen LogP contribution >= 0.6 is 15.9 Å². The highest BCUT2D eigenvalue weighted by Gasteiger charge is 2.14. The standard InChI is InChI=1S/C26H27BrN6O2S/c27-20-2-7-24-19(16-20)17-22(18-29-24)30-25-8-9-28-26(32-25)31-21-3-5-23(6-4-21)35-13-1-10-33-11-14-36(34)15-12-33/h2-9,16-18H,1,10-15H2,(H2,28,30,31,32). The number of rotatable bonds is 9. The number of nitrogens with zero attached hydrogens (tertiary/aromatic N) is 4. The molecule has 4 aromatic rings. The zero-order chi connectivity index (χ0) is 24.7. The summed E-state index contributed by atoms with van der Waals surface area (Å²) < 4.78 is 18.3. The number of fused-ring (bicyclic) bond motifs is 1. The Hall–Kier alpha value is -3.08. The van der Waals surface area contributed by atoms with Crippen LogP contribution in [0.15, 0.2) is 71.5 Å². The van der Waals surface area contributed by atoms with E-state index in [1.807, 2.05) is 54.6 Å². The minimum Gasteiger partial charge on any atom is -0.494 e. The van der Waals surface area contributed by atoms with Gasteiger partial charge in [0.25, 0.3) is 0 Å². The van der Waals surface area contributed by atoms with Crippen molar-refractivity contribution in [3.8, 4) is 5.75 Å². The van der Waals surface area contributed by atoms with Crippen LogP contribution in [-0.4, -0.2) is 61.8 Å². The highest BCUT2D eigenvalue weighted by atomic mass is 79.9. The van der Waals surface area contributed by atoms with Gasteiger partial charge in [-0.15, -0.1) is 0 Å². The average Bonchev–Trinajstić information content (AvgIpc) is 2.89. The molecule has 1 saturated heterocycles. The maximum Gasteiger partial charge on any atom is 0.229 e. The molecule has 1 aliphatic heterocycles. The molecular formula is C26H27BrN6O2S. The molecule has 0 radical (unpaired) electrons. The van der Waals surface area contributed by atoms with Crippen molar-refractivity contribution in [2.75, 3.05) is 48.4 Å². The van der Waals surface area contributed by atoms with E-state index in [1.165, 1.54) is 0 Å². The van der Waals surface area contributed by atoms with Gasteiger partial charge >= 0.3 is 0 Å². The van der Waals surface area contributed by atoms with Gasteiger partial charge in [-0.05, 0) is 61.0 Å². The molecule has 1 aliphatic rings.